The molecule has 0 saturated carbocycles. The molecule has 0 aromatic heterocycles. The summed E-state index contributed by atoms with van der Waals surface area (Å²) >= 11 is 1.62. The molecule has 1 aliphatic rings. The fourth-order valence-corrected chi connectivity index (χ4v) is 2.85. The monoisotopic (exact) mass is 270 g/mol. The highest BCUT2D eigenvalue weighted by molar-refractivity contribution is 7.99. The third-order valence-electron chi connectivity index (χ3n) is 3.25. The van der Waals surface area contributed by atoms with Gasteiger partial charge in [-0.2, -0.15) is 0 Å². The molecule has 0 N–H and O–H groups in total. The first-order chi connectivity index (χ1) is 8.24. The van der Waals surface area contributed by atoms with Gasteiger partial charge in [0.15, 0.2) is 0 Å². The molecule has 3 nitrogen and oxygen atoms in total. The zero-order chi connectivity index (χ0) is 13.8. The molecule has 0 aromatic carbocycles. The number of hydrogen-bond donors (Lipinski definition) is 0. The van der Waals surface area contributed by atoms with Crippen LogP contribution < -0.4 is 0 Å². The second-order valence-corrected chi connectivity index (χ2v) is 8.33. The SMILES string of the molecule is CC(C)(C)S/N=C/CCC1CN(C=O)C(C)(C)C1. The van der Waals surface area contributed by atoms with Crippen molar-refractivity contribution in [3.05, 3.63) is 0 Å². The molecule has 1 fully saturated rings. The van der Waals surface area contributed by atoms with Gasteiger partial charge in [0.1, 0.15) is 0 Å². The largest absolute Gasteiger partial charge is 0.340 e. The van der Waals surface area contributed by atoms with Crippen LogP contribution in [0.3, 0.4) is 0 Å². The molecular weight excluding hydrogens is 244 g/mol. The van der Waals surface area contributed by atoms with E-state index in [-0.39, 0.29) is 10.3 Å². The quantitative estimate of drug-likeness (QED) is 0.435. The lowest BCUT2D eigenvalue weighted by Gasteiger charge is -2.27. The fraction of sp³-hybridized carbons (Fsp3) is 0.857. The molecule has 18 heavy (non-hydrogen) atoms. The highest BCUT2D eigenvalue weighted by Crippen LogP contribution is 2.33. The van der Waals surface area contributed by atoms with Gasteiger partial charge >= 0.3 is 0 Å². The van der Waals surface area contributed by atoms with Crippen molar-refractivity contribution in [2.75, 3.05) is 6.54 Å². The van der Waals surface area contributed by atoms with Crippen molar-refractivity contribution in [1.82, 2.24) is 4.90 Å². The van der Waals surface area contributed by atoms with Gasteiger partial charge in [0.05, 0.1) is 0 Å². The normalized spacial score (nSPS) is 23.8. The van der Waals surface area contributed by atoms with E-state index in [4.69, 9.17) is 0 Å². The molecule has 1 saturated heterocycles. The van der Waals surface area contributed by atoms with Crippen LogP contribution >= 0.6 is 11.9 Å². The van der Waals surface area contributed by atoms with Crippen LogP contribution in [-0.2, 0) is 4.79 Å². The maximum absolute atomic E-state index is 11.0. The van der Waals surface area contributed by atoms with Crippen molar-refractivity contribution >= 4 is 24.6 Å². The van der Waals surface area contributed by atoms with Crippen LogP contribution in [-0.4, -0.2) is 34.4 Å². The predicted octanol–water partition coefficient (Wildman–Crippen LogP) is 3.54. The summed E-state index contributed by atoms with van der Waals surface area (Å²) in [4.78, 5) is 12.9. The van der Waals surface area contributed by atoms with Crippen LogP contribution in [0.4, 0.5) is 0 Å². The van der Waals surface area contributed by atoms with E-state index in [0.717, 1.165) is 32.2 Å². The number of nitrogens with zero attached hydrogens (tertiary/aromatic N) is 2. The van der Waals surface area contributed by atoms with Crippen LogP contribution in [0.1, 0.15) is 53.9 Å². The molecule has 1 rings (SSSR count). The van der Waals surface area contributed by atoms with E-state index in [2.05, 4.69) is 39.0 Å². The minimum atomic E-state index is 0.0315. The van der Waals surface area contributed by atoms with E-state index in [1.165, 1.54) is 0 Å². The Hall–Kier alpha value is -0.510. The summed E-state index contributed by atoms with van der Waals surface area (Å²) in [6.07, 6.45) is 6.25. The molecule has 1 amide bonds. The Morgan fingerprint density at radius 3 is 2.61 bits per heavy atom. The van der Waals surface area contributed by atoms with Gasteiger partial charge in [0.25, 0.3) is 0 Å². The molecule has 1 atom stereocenters. The number of rotatable bonds is 5. The van der Waals surface area contributed by atoms with E-state index in [1.54, 1.807) is 11.9 Å². The van der Waals surface area contributed by atoms with Crippen molar-refractivity contribution in [2.24, 2.45) is 10.3 Å². The molecule has 1 heterocycles. The number of hydrogen-bond acceptors (Lipinski definition) is 3. The van der Waals surface area contributed by atoms with Crippen LogP contribution in [0.5, 0.6) is 0 Å². The summed E-state index contributed by atoms with van der Waals surface area (Å²) in [5, 5.41) is 0. The Balaban J connectivity index is 2.28. The molecule has 0 radical (unpaired) electrons. The van der Waals surface area contributed by atoms with E-state index in [9.17, 15) is 4.79 Å². The summed E-state index contributed by atoms with van der Waals surface area (Å²) in [5.74, 6) is 0.622. The number of carbonyl (C=O) groups is 1. The van der Waals surface area contributed by atoms with Crippen molar-refractivity contribution in [1.29, 1.82) is 0 Å². The summed E-state index contributed by atoms with van der Waals surface area (Å²) in [6.45, 7) is 11.7. The van der Waals surface area contributed by atoms with Gasteiger partial charge in [-0.25, -0.2) is 4.40 Å². The Morgan fingerprint density at radius 1 is 1.44 bits per heavy atom. The third kappa shape index (κ3) is 5.01. The van der Waals surface area contributed by atoms with Gasteiger partial charge in [-0.3, -0.25) is 4.79 Å². The first-order valence-electron chi connectivity index (χ1n) is 6.67. The smallest absolute Gasteiger partial charge is 0.210 e. The van der Waals surface area contributed by atoms with E-state index >= 15 is 0 Å². The highest BCUT2D eigenvalue weighted by atomic mass is 32.2. The predicted molar refractivity (Wildman–Crippen MR) is 80.0 cm³/mol. The van der Waals surface area contributed by atoms with E-state index < -0.39 is 0 Å². The highest BCUT2D eigenvalue weighted by Gasteiger charge is 2.36. The molecule has 0 aliphatic carbocycles. The molecule has 1 unspecified atom stereocenters. The van der Waals surface area contributed by atoms with E-state index in [0.29, 0.717) is 5.92 Å². The average molecular weight is 270 g/mol. The lowest BCUT2D eigenvalue weighted by Crippen LogP contribution is -2.36. The molecule has 0 aromatic rings. The van der Waals surface area contributed by atoms with Gasteiger partial charge < -0.3 is 4.90 Å². The minimum absolute atomic E-state index is 0.0315. The number of likely N-dealkylation sites (tertiary alicyclic amines) is 1. The van der Waals surface area contributed by atoms with Crippen molar-refractivity contribution in [2.45, 2.75) is 64.2 Å². The van der Waals surface area contributed by atoms with Gasteiger partial charge in [-0.15, -0.1) is 0 Å². The summed E-state index contributed by atoms with van der Waals surface area (Å²) in [5.41, 5.74) is 0.0315. The lowest BCUT2D eigenvalue weighted by molar-refractivity contribution is -0.120. The Morgan fingerprint density at radius 2 is 2.11 bits per heavy atom. The molecule has 0 spiro atoms. The lowest BCUT2D eigenvalue weighted by atomic mass is 9.94. The molecule has 104 valence electrons. The molecular formula is C14H26N2OS. The Kier molecular flexibility index (Phi) is 5.26. The van der Waals surface area contributed by atoms with Crippen LogP contribution in [0.15, 0.2) is 4.40 Å². The van der Waals surface area contributed by atoms with Crippen LogP contribution in [0, 0.1) is 5.92 Å². The standard InChI is InChI=1S/C14H26N2OS/c1-13(2,3)18-15-8-6-7-12-9-14(4,5)16(10-12)11-17/h8,11-12H,6-7,9-10H2,1-5H3/b15-8+. The van der Waals surface area contributed by atoms with Crippen molar-refractivity contribution in [3.8, 4) is 0 Å². The van der Waals surface area contributed by atoms with Gasteiger partial charge in [-0.05, 0) is 71.7 Å². The zero-order valence-corrected chi connectivity index (χ0v) is 13.1. The first-order valence-corrected chi connectivity index (χ1v) is 7.44. The van der Waals surface area contributed by atoms with Crippen LogP contribution in [0.2, 0.25) is 0 Å². The maximum atomic E-state index is 11.0. The van der Waals surface area contributed by atoms with Crippen molar-refractivity contribution < 1.29 is 4.79 Å². The fourth-order valence-electron chi connectivity index (χ4n) is 2.35. The van der Waals surface area contributed by atoms with E-state index in [1.807, 2.05) is 11.1 Å². The maximum Gasteiger partial charge on any atom is 0.210 e. The Bertz CT molecular complexity index is 307. The molecule has 1 aliphatic heterocycles. The molecule has 0 bridgehead atoms. The summed E-state index contributed by atoms with van der Waals surface area (Å²) in [6, 6.07) is 0. The zero-order valence-electron chi connectivity index (χ0n) is 12.3. The van der Waals surface area contributed by atoms with Gasteiger partial charge in [0, 0.05) is 23.0 Å². The topological polar surface area (TPSA) is 32.7 Å². The van der Waals surface area contributed by atoms with Gasteiger partial charge in [0.2, 0.25) is 6.41 Å². The summed E-state index contributed by atoms with van der Waals surface area (Å²) < 4.78 is 4.58. The second kappa shape index (κ2) is 6.09. The number of amides is 1. The number of carbonyl (C=O) groups excluding carboxylic acids is 1. The first kappa shape index (κ1) is 15.5. The van der Waals surface area contributed by atoms with Gasteiger partial charge in [-0.1, -0.05) is 0 Å². The van der Waals surface area contributed by atoms with Crippen molar-refractivity contribution in [3.63, 3.8) is 0 Å². The minimum Gasteiger partial charge on any atom is -0.340 e. The van der Waals surface area contributed by atoms with Crippen LogP contribution in [0.25, 0.3) is 0 Å². The average Bonchev–Trinajstić information content (AvgIpc) is 2.50. The third-order valence-corrected chi connectivity index (χ3v) is 4.06. The summed E-state index contributed by atoms with van der Waals surface area (Å²) in [7, 11) is 0. The molecule has 4 heteroatoms. The second-order valence-electron chi connectivity index (χ2n) is 6.71. The Labute approximate surface area is 116 Å².